The minimum atomic E-state index is -0.165. The van der Waals surface area contributed by atoms with Gasteiger partial charge in [-0.25, -0.2) is 0 Å². The van der Waals surface area contributed by atoms with Crippen molar-refractivity contribution >= 4 is 46.2 Å². The second kappa shape index (κ2) is 11.2. The number of nitrogens with one attached hydrogen (secondary N) is 1. The van der Waals surface area contributed by atoms with Crippen LogP contribution in [0, 0.1) is 20.8 Å². The van der Waals surface area contributed by atoms with Crippen molar-refractivity contribution in [1.29, 1.82) is 0 Å². The van der Waals surface area contributed by atoms with Gasteiger partial charge >= 0.3 is 0 Å². The van der Waals surface area contributed by atoms with Gasteiger partial charge in [0, 0.05) is 28.3 Å². The van der Waals surface area contributed by atoms with Crippen LogP contribution in [0.3, 0.4) is 0 Å². The van der Waals surface area contributed by atoms with Crippen LogP contribution in [0.4, 0.5) is 5.69 Å². The van der Waals surface area contributed by atoms with Gasteiger partial charge in [-0.2, -0.15) is 0 Å². The molecule has 0 bridgehead atoms. The van der Waals surface area contributed by atoms with E-state index < -0.39 is 0 Å². The van der Waals surface area contributed by atoms with Gasteiger partial charge < -0.3 is 19.5 Å². The van der Waals surface area contributed by atoms with Crippen molar-refractivity contribution in [3.05, 3.63) is 135 Å². The van der Waals surface area contributed by atoms with Gasteiger partial charge in [0.25, 0.3) is 0 Å². The van der Waals surface area contributed by atoms with Crippen LogP contribution in [0.25, 0.3) is 5.69 Å². The van der Waals surface area contributed by atoms with Crippen LogP contribution in [0.5, 0.6) is 11.5 Å². The Balaban J connectivity index is 1.41. The molecule has 0 saturated carbocycles. The highest BCUT2D eigenvalue weighted by molar-refractivity contribution is 7.80. The third-order valence-electron chi connectivity index (χ3n) is 7.41. The fourth-order valence-corrected chi connectivity index (χ4v) is 6.33. The third-order valence-corrected chi connectivity index (χ3v) is 8.26. The lowest BCUT2D eigenvalue weighted by Crippen LogP contribution is -2.29. The molecule has 1 N–H and O–H groups in total. The molecule has 6 rings (SSSR count). The van der Waals surface area contributed by atoms with E-state index in [1.165, 1.54) is 5.56 Å². The SMILES string of the molecule is Cc1ccc(Oc2ccc(N3C(=S)N[C@H](c4ccccn4)[C@H]3c3cc(C)n(-c4ccc(Cl)cc4Cl)c3C)cc2)cc1. The lowest BCUT2D eigenvalue weighted by Gasteiger charge is -2.28. The molecule has 0 unspecified atom stereocenters. The van der Waals surface area contributed by atoms with Gasteiger partial charge in [-0.1, -0.05) is 47.0 Å². The molecule has 5 aromatic rings. The summed E-state index contributed by atoms with van der Waals surface area (Å²) in [5.74, 6) is 1.55. The van der Waals surface area contributed by atoms with Gasteiger partial charge in [0.15, 0.2) is 5.11 Å². The number of aryl methyl sites for hydroxylation is 2. The Morgan fingerprint density at radius 1 is 0.854 bits per heavy atom. The van der Waals surface area contributed by atoms with Crippen molar-refractivity contribution in [2.75, 3.05) is 4.90 Å². The normalized spacial score (nSPS) is 16.6. The maximum atomic E-state index is 6.66. The number of rotatable bonds is 6. The van der Waals surface area contributed by atoms with E-state index in [-0.39, 0.29) is 12.1 Å². The summed E-state index contributed by atoms with van der Waals surface area (Å²) < 4.78 is 8.25. The summed E-state index contributed by atoms with van der Waals surface area (Å²) in [6.45, 7) is 6.25. The molecule has 206 valence electrons. The molecule has 0 spiro atoms. The van der Waals surface area contributed by atoms with Gasteiger partial charge in [-0.3, -0.25) is 4.98 Å². The van der Waals surface area contributed by atoms with E-state index in [2.05, 4.69) is 41.6 Å². The zero-order chi connectivity index (χ0) is 28.7. The van der Waals surface area contributed by atoms with Crippen LogP contribution < -0.4 is 15.0 Å². The number of aromatic nitrogens is 2. The summed E-state index contributed by atoms with van der Waals surface area (Å²) in [7, 11) is 0. The average molecular weight is 600 g/mol. The fraction of sp³-hybridized carbons (Fsp3) is 0.152. The zero-order valence-corrected chi connectivity index (χ0v) is 25.1. The number of hydrogen-bond acceptors (Lipinski definition) is 3. The Labute approximate surface area is 255 Å². The number of thiocarbonyl (C=S) groups is 1. The van der Waals surface area contributed by atoms with E-state index in [9.17, 15) is 0 Å². The van der Waals surface area contributed by atoms with E-state index >= 15 is 0 Å². The fourth-order valence-electron chi connectivity index (χ4n) is 5.49. The van der Waals surface area contributed by atoms with Gasteiger partial charge in [-0.15, -0.1) is 0 Å². The van der Waals surface area contributed by atoms with Gasteiger partial charge in [0.05, 0.1) is 28.5 Å². The molecule has 1 fully saturated rings. The molecule has 1 aliphatic rings. The van der Waals surface area contributed by atoms with E-state index in [4.69, 9.17) is 45.1 Å². The predicted octanol–water partition coefficient (Wildman–Crippen LogP) is 9.07. The molecule has 1 aliphatic heterocycles. The first-order valence-electron chi connectivity index (χ1n) is 13.3. The van der Waals surface area contributed by atoms with Crippen molar-refractivity contribution in [1.82, 2.24) is 14.9 Å². The molecule has 3 heterocycles. The number of anilines is 1. The number of hydrogen-bond donors (Lipinski definition) is 1. The van der Waals surface area contributed by atoms with Crippen LogP contribution in [-0.2, 0) is 0 Å². The van der Waals surface area contributed by atoms with Crippen LogP contribution in [0.15, 0.2) is 97.2 Å². The van der Waals surface area contributed by atoms with Crippen molar-refractivity contribution in [2.45, 2.75) is 32.9 Å². The van der Waals surface area contributed by atoms with Gasteiger partial charge in [-0.05, 0) is 111 Å². The molecule has 2 aromatic heterocycles. The van der Waals surface area contributed by atoms with E-state index in [1.54, 1.807) is 6.07 Å². The topological polar surface area (TPSA) is 42.3 Å². The summed E-state index contributed by atoms with van der Waals surface area (Å²) >= 11 is 18.8. The number of halogens is 2. The third kappa shape index (κ3) is 5.31. The molecule has 41 heavy (non-hydrogen) atoms. The Morgan fingerprint density at radius 2 is 1.56 bits per heavy atom. The van der Waals surface area contributed by atoms with Gasteiger partial charge in [0.2, 0.25) is 0 Å². The molecule has 2 atom stereocenters. The molecule has 3 aromatic carbocycles. The van der Waals surface area contributed by atoms with Crippen molar-refractivity contribution in [2.24, 2.45) is 0 Å². The minimum Gasteiger partial charge on any atom is -0.457 e. The highest BCUT2D eigenvalue weighted by Gasteiger charge is 2.42. The standard InChI is InChI=1S/C33H28Cl2N4OS/c1-20-7-12-25(13-8-20)40-26-14-10-24(11-15-26)39-32(31(37-33(39)41)29-6-4-5-17-36-29)27-18-21(2)38(22(27)3)30-16-9-23(34)19-28(30)35/h4-19,31-32H,1-3H3,(H,37,41)/t31-,32-/m1/s1. The Bertz CT molecular complexity index is 1720. The molecule has 0 amide bonds. The Hall–Kier alpha value is -3.84. The molecular formula is C33H28Cl2N4OS. The zero-order valence-electron chi connectivity index (χ0n) is 22.8. The van der Waals surface area contributed by atoms with E-state index in [0.29, 0.717) is 15.2 Å². The summed E-state index contributed by atoms with van der Waals surface area (Å²) in [6, 6.07) is 29.5. The van der Waals surface area contributed by atoms with Crippen molar-refractivity contribution in [3.8, 4) is 17.2 Å². The van der Waals surface area contributed by atoms with Crippen LogP contribution in [0.2, 0.25) is 10.0 Å². The quantitative estimate of drug-likeness (QED) is 0.197. The van der Waals surface area contributed by atoms with Crippen LogP contribution >= 0.6 is 35.4 Å². The first-order chi connectivity index (χ1) is 19.8. The minimum absolute atomic E-state index is 0.160. The molecular weight excluding hydrogens is 571 g/mol. The number of nitrogens with zero attached hydrogens (tertiary/aromatic N) is 3. The molecule has 0 aliphatic carbocycles. The van der Waals surface area contributed by atoms with E-state index in [0.717, 1.165) is 45.5 Å². The van der Waals surface area contributed by atoms with Crippen LogP contribution in [-0.4, -0.2) is 14.7 Å². The highest BCUT2D eigenvalue weighted by atomic mass is 35.5. The largest absolute Gasteiger partial charge is 0.457 e. The second-order valence-corrected chi connectivity index (χ2v) is 11.4. The lowest BCUT2D eigenvalue weighted by atomic mass is 9.96. The number of pyridine rings is 1. The summed E-state index contributed by atoms with van der Waals surface area (Å²) in [5.41, 5.74) is 7.18. The summed E-state index contributed by atoms with van der Waals surface area (Å²) in [6.07, 6.45) is 1.81. The van der Waals surface area contributed by atoms with E-state index in [1.807, 2.05) is 85.1 Å². The number of ether oxygens (including phenoxy) is 1. The number of benzene rings is 3. The smallest absolute Gasteiger partial charge is 0.174 e. The first-order valence-corrected chi connectivity index (χ1v) is 14.5. The van der Waals surface area contributed by atoms with Crippen LogP contribution in [0.1, 0.15) is 40.3 Å². The molecule has 1 saturated heterocycles. The molecule has 8 heteroatoms. The Kier molecular flexibility index (Phi) is 7.47. The predicted molar refractivity (Wildman–Crippen MR) is 171 cm³/mol. The Morgan fingerprint density at radius 3 is 2.22 bits per heavy atom. The highest BCUT2D eigenvalue weighted by Crippen LogP contribution is 2.44. The summed E-state index contributed by atoms with van der Waals surface area (Å²) in [4.78, 5) is 6.86. The molecule has 0 radical (unpaired) electrons. The molecule has 5 nitrogen and oxygen atoms in total. The summed E-state index contributed by atoms with van der Waals surface area (Å²) in [5, 5.41) is 5.38. The second-order valence-electron chi connectivity index (χ2n) is 10.2. The first kappa shape index (κ1) is 27.3. The lowest BCUT2D eigenvalue weighted by molar-refractivity contribution is 0.482. The maximum absolute atomic E-state index is 6.66. The van der Waals surface area contributed by atoms with Gasteiger partial charge in [0.1, 0.15) is 11.5 Å². The average Bonchev–Trinajstić information content (AvgIpc) is 3.46. The monoisotopic (exact) mass is 598 g/mol. The van der Waals surface area contributed by atoms with Crippen molar-refractivity contribution in [3.63, 3.8) is 0 Å². The maximum Gasteiger partial charge on any atom is 0.174 e. The van der Waals surface area contributed by atoms with Crippen molar-refractivity contribution < 1.29 is 4.74 Å².